The van der Waals surface area contributed by atoms with Gasteiger partial charge in [-0.3, -0.25) is 4.79 Å². The molecule has 1 atom stereocenters. The minimum absolute atomic E-state index is 0.381. The summed E-state index contributed by atoms with van der Waals surface area (Å²) in [7, 11) is 0. The molecule has 0 aliphatic carbocycles. The molecular formula is C17H19BrN2O. The largest absolute Gasteiger partial charge is 0.368 e. The molecule has 21 heavy (non-hydrogen) atoms. The lowest BCUT2D eigenvalue weighted by Crippen LogP contribution is -2.47. The molecule has 0 spiro atoms. The van der Waals surface area contributed by atoms with Crippen LogP contribution in [0.1, 0.15) is 24.5 Å². The number of hydrogen-bond donors (Lipinski definition) is 2. The summed E-state index contributed by atoms with van der Waals surface area (Å²) in [5.74, 6) is -0.381. The third-order valence-corrected chi connectivity index (χ3v) is 4.17. The summed E-state index contributed by atoms with van der Waals surface area (Å²) in [5, 5.41) is 3.31. The number of primary amides is 1. The number of nitrogens with one attached hydrogen (secondary N) is 1. The van der Waals surface area contributed by atoms with Gasteiger partial charge < -0.3 is 11.1 Å². The van der Waals surface area contributed by atoms with Gasteiger partial charge in [-0.2, -0.15) is 0 Å². The number of carbonyl (C=O) groups is 1. The molecule has 3 nitrogen and oxygen atoms in total. The first-order valence-electron chi connectivity index (χ1n) is 6.89. The van der Waals surface area contributed by atoms with Crippen molar-refractivity contribution in [2.45, 2.75) is 25.8 Å². The van der Waals surface area contributed by atoms with Crippen molar-refractivity contribution >= 4 is 27.5 Å². The number of aryl methyl sites for hydroxylation is 1. The minimum Gasteiger partial charge on any atom is -0.368 e. The lowest BCUT2D eigenvalue weighted by molar-refractivity contribution is -0.122. The van der Waals surface area contributed by atoms with E-state index in [1.54, 1.807) is 0 Å². The average molecular weight is 347 g/mol. The van der Waals surface area contributed by atoms with E-state index < -0.39 is 5.54 Å². The van der Waals surface area contributed by atoms with E-state index in [4.69, 9.17) is 5.73 Å². The van der Waals surface area contributed by atoms with Gasteiger partial charge in [0.05, 0.1) is 0 Å². The number of anilines is 1. The molecule has 2 rings (SSSR count). The third kappa shape index (κ3) is 3.27. The number of amides is 1. The molecular weight excluding hydrogens is 328 g/mol. The van der Waals surface area contributed by atoms with E-state index in [1.165, 1.54) is 0 Å². The monoisotopic (exact) mass is 346 g/mol. The summed E-state index contributed by atoms with van der Waals surface area (Å²) in [6, 6.07) is 15.6. The number of halogens is 1. The quantitative estimate of drug-likeness (QED) is 0.860. The van der Waals surface area contributed by atoms with E-state index >= 15 is 0 Å². The Bertz CT molecular complexity index is 639. The predicted molar refractivity (Wildman–Crippen MR) is 90.1 cm³/mol. The first kappa shape index (κ1) is 15.6. The van der Waals surface area contributed by atoms with Crippen LogP contribution in [0, 0.1) is 6.92 Å². The standard InChI is InChI=1S/C17H19BrN2O/c1-3-17(16(19)21,13-9-7-12(2)8-10-13)20-15-6-4-5-14(18)11-15/h4-11,20H,3H2,1-2H3,(H2,19,21). The molecule has 2 aromatic rings. The number of benzene rings is 2. The number of carbonyl (C=O) groups excluding carboxylic acids is 1. The van der Waals surface area contributed by atoms with E-state index in [9.17, 15) is 4.79 Å². The molecule has 2 aromatic carbocycles. The first-order valence-corrected chi connectivity index (χ1v) is 7.68. The molecule has 0 aliphatic heterocycles. The molecule has 0 fully saturated rings. The predicted octanol–water partition coefficient (Wildman–Crippen LogP) is 3.96. The normalized spacial score (nSPS) is 13.5. The molecule has 0 bridgehead atoms. The van der Waals surface area contributed by atoms with Gasteiger partial charge in [-0.25, -0.2) is 0 Å². The first-order chi connectivity index (χ1) is 9.98. The van der Waals surface area contributed by atoms with Gasteiger partial charge in [0.15, 0.2) is 0 Å². The van der Waals surface area contributed by atoms with Gasteiger partial charge in [-0.05, 0) is 37.1 Å². The Morgan fingerprint density at radius 1 is 1.24 bits per heavy atom. The molecule has 0 aliphatic rings. The van der Waals surface area contributed by atoms with Crippen molar-refractivity contribution in [3.63, 3.8) is 0 Å². The van der Waals surface area contributed by atoms with Crippen LogP contribution in [0.15, 0.2) is 53.0 Å². The topological polar surface area (TPSA) is 55.1 Å². The second kappa shape index (κ2) is 6.31. The molecule has 0 saturated heterocycles. The summed E-state index contributed by atoms with van der Waals surface area (Å²) in [4.78, 5) is 12.2. The lowest BCUT2D eigenvalue weighted by Gasteiger charge is -2.32. The van der Waals surface area contributed by atoms with Crippen LogP contribution in [-0.2, 0) is 10.3 Å². The van der Waals surface area contributed by atoms with Crippen LogP contribution < -0.4 is 11.1 Å². The maximum atomic E-state index is 12.2. The summed E-state index contributed by atoms with van der Waals surface area (Å²) < 4.78 is 0.950. The van der Waals surface area contributed by atoms with E-state index in [0.29, 0.717) is 6.42 Å². The number of nitrogens with two attached hydrogens (primary N) is 1. The van der Waals surface area contributed by atoms with Gasteiger partial charge in [0.1, 0.15) is 5.54 Å². The highest BCUT2D eigenvalue weighted by atomic mass is 79.9. The maximum Gasteiger partial charge on any atom is 0.247 e. The second-order valence-electron chi connectivity index (χ2n) is 5.12. The lowest BCUT2D eigenvalue weighted by atomic mass is 9.85. The van der Waals surface area contributed by atoms with Gasteiger partial charge in [-0.1, -0.05) is 58.7 Å². The van der Waals surface area contributed by atoms with Crippen molar-refractivity contribution in [2.24, 2.45) is 5.73 Å². The van der Waals surface area contributed by atoms with Crippen molar-refractivity contribution in [2.75, 3.05) is 5.32 Å². The van der Waals surface area contributed by atoms with Crippen LogP contribution in [-0.4, -0.2) is 5.91 Å². The SMILES string of the molecule is CCC(Nc1cccc(Br)c1)(C(N)=O)c1ccc(C)cc1. The van der Waals surface area contributed by atoms with Crippen LogP contribution >= 0.6 is 15.9 Å². The van der Waals surface area contributed by atoms with Crippen LogP contribution in [0.5, 0.6) is 0 Å². The summed E-state index contributed by atoms with van der Waals surface area (Å²) >= 11 is 3.44. The van der Waals surface area contributed by atoms with Crippen LogP contribution in [0.4, 0.5) is 5.69 Å². The van der Waals surface area contributed by atoms with Gasteiger partial charge in [0, 0.05) is 10.2 Å². The summed E-state index contributed by atoms with van der Waals surface area (Å²) in [5.41, 5.74) is 7.70. The molecule has 0 saturated carbocycles. The Morgan fingerprint density at radius 3 is 2.43 bits per heavy atom. The zero-order valence-corrected chi connectivity index (χ0v) is 13.8. The van der Waals surface area contributed by atoms with Crippen molar-refractivity contribution < 1.29 is 4.79 Å². The average Bonchev–Trinajstić information content (AvgIpc) is 2.45. The van der Waals surface area contributed by atoms with E-state index in [2.05, 4.69) is 21.2 Å². The van der Waals surface area contributed by atoms with Crippen LogP contribution in [0.3, 0.4) is 0 Å². The van der Waals surface area contributed by atoms with Gasteiger partial charge in [0.25, 0.3) is 0 Å². The second-order valence-corrected chi connectivity index (χ2v) is 6.04. The molecule has 3 N–H and O–H groups in total. The highest BCUT2D eigenvalue weighted by Crippen LogP contribution is 2.31. The smallest absolute Gasteiger partial charge is 0.247 e. The summed E-state index contributed by atoms with van der Waals surface area (Å²) in [6.45, 7) is 3.97. The molecule has 1 unspecified atom stereocenters. The third-order valence-electron chi connectivity index (χ3n) is 3.68. The van der Waals surface area contributed by atoms with Crippen LogP contribution in [0.25, 0.3) is 0 Å². The summed E-state index contributed by atoms with van der Waals surface area (Å²) in [6.07, 6.45) is 0.567. The maximum absolute atomic E-state index is 12.2. The molecule has 4 heteroatoms. The Labute approximate surface area is 133 Å². The Balaban J connectivity index is 2.46. The Kier molecular flexibility index (Phi) is 4.68. The fraction of sp³-hybridized carbons (Fsp3) is 0.235. The van der Waals surface area contributed by atoms with Gasteiger partial charge in [-0.15, -0.1) is 0 Å². The molecule has 0 heterocycles. The van der Waals surface area contributed by atoms with Crippen molar-refractivity contribution in [3.05, 3.63) is 64.1 Å². The fourth-order valence-electron chi connectivity index (χ4n) is 2.39. The zero-order chi connectivity index (χ0) is 15.5. The molecule has 110 valence electrons. The van der Waals surface area contributed by atoms with E-state index in [0.717, 1.165) is 21.3 Å². The molecule has 0 aromatic heterocycles. The number of hydrogen-bond acceptors (Lipinski definition) is 2. The Hall–Kier alpha value is -1.81. The molecule has 1 amide bonds. The van der Waals surface area contributed by atoms with Gasteiger partial charge in [0.2, 0.25) is 5.91 Å². The van der Waals surface area contributed by atoms with Crippen LogP contribution in [0.2, 0.25) is 0 Å². The highest BCUT2D eigenvalue weighted by Gasteiger charge is 2.36. The minimum atomic E-state index is -0.908. The fourth-order valence-corrected chi connectivity index (χ4v) is 2.79. The highest BCUT2D eigenvalue weighted by molar-refractivity contribution is 9.10. The molecule has 0 radical (unpaired) electrons. The van der Waals surface area contributed by atoms with E-state index in [-0.39, 0.29) is 5.91 Å². The van der Waals surface area contributed by atoms with Crippen molar-refractivity contribution in [3.8, 4) is 0 Å². The zero-order valence-electron chi connectivity index (χ0n) is 12.2. The Morgan fingerprint density at radius 2 is 1.90 bits per heavy atom. The van der Waals surface area contributed by atoms with E-state index in [1.807, 2.05) is 62.4 Å². The number of rotatable bonds is 5. The van der Waals surface area contributed by atoms with Gasteiger partial charge >= 0.3 is 0 Å². The van der Waals surface area contributed by atoms with Crippen molar-refractivity contribution in [1.29, 1.82) is 0 Å². The van der Waals surface area contributed by atoms with Crippen molar-refractivity contribution in [1.82, 2.24) is 0 Å².